The van der Waals surface area contributed by atoms with Gasteiger partial charge in [0.1, 0.15) is 0 Å². The fourth-order valence-corrected chi connectivity index (χ4v) is 3.57. The van der Waals surface area contributed by atoms with Crippen LogP contribution in [0.2, 0.25) is 0 Å². The highest BCUT2D eigenvalue weighted by Crippen LogP contribution is 2.42. The van der Waals surface area contributed by atoms with Gasteiger partial charge >= 0.3 is 0 Å². The molecule has 0 amide bonds. The zero-order valence-electron chi connectivity index (χ0n) is 10.6. The second kappa shape index (κ2) is 4.80. The SMILES string of the molecule is NCC(c1cc(F)c(F)c(F)c1)N1CC2CCC1C2. The average molecular weight is 270 g/mol. The highest BCUT2D eigenvalue weighted by atomic mass is 19.2. The Morgan fingerprint density at radius 1 is 1.21 bits per heavy atom. The first-order valence-corrected chi connectivity index (χ1v) is 6.70. The standard InChI is InChI=1S/C14H17F3N2/c15-11-4-9(5-12(16)14(11)17)13(6-18)19-7-8-1-2-10(19)3-8/h4-5,8,10,13H,1-3,6-7,18H2. The third-order valence-electron chi connectivity index (χ3n) is 4.47. The third-order valence-corrected chi connectivity index (χ3v) is 4.47. The molecule has 3 rings (SSSR count). The smallest absolute Gasteiger partial charge is 0.194 e. The number of piperidine rings is 1. The Bertz CT molecular complexity index is 469. The van der Waals surface area contributed by atoms with Crippen LogP contribution in [0.5, 0.6) is 0 Å². The lowest BCUT2D eigenvalue weighted by atomic mass is 10.0. The van der Waals surface area contributed by atoms with Crippen molar-refractivity contribution >= 4 is 0 Å². The van der Waals surface area contributed by atoms with Gasteiger partial charge in [0.25, 0.3) is 0 Å². The van der Waals surface area contributed by atoms with Crippen LogP contribution < -0.4 is 5.73 Å². The molecule has 3 unspecified atom stereocenters. The van der Waals surface area contributed by atoms with Gasteiger partial charge in [-0.2, -0.15) is 0 Å². The van der Waals surface area contributed by atoms with Gasteiger partial charge in [0.15, 0.2) is 17.5 Å². The molecule has 19 heavy (non-hydrogen) atoms. The van der Waals surface area contributed by atoms with Crippen molar-refractivity contribution in [2.45, 2.75) is 31.3 Å². The summed E-state index contributed by atoms with van der Waals surface area (Å²) in [5.41, 5.74) is 6.21. The zero-order valence-corrected chi connectivity index (χ0v) is 10.6. The number of halogens is 3. The number of hydrogen-bond donors (Lipinski definition) is 1. The van der Waals surface area contributed by atoms with E-state index < -0.39 is 17.5 Å². The molecule has 1 aliphatic heterocycles. The molecule has 0 aromatic heterocycles. The molecule has 3 atom stereocenters. The van der Waals surface area contributed by atoms with Crippen LogP contribution in [-0.2, 0) is 0 Å². The summed E-state index contributed by atoms with van der Waals surface area (Å²) in [4.78, 5) is 2.22. The summed E-state index contributed by atoms with van der Waals surface area (Å²) in [6.07, 6.45) is 3.49. The van der Waals surface area contributed by atoms with E-state index >= 15 is 0 Å². The van der Waals surface area contributed by atoms with Gasteiger partial charge in [0.2, 0.25) is 0 Å². The van der Waals surface area contributed by atoms with Crippen molar-refractivity contribution in [2.24, 2.45) is 11.7 Å². The number of fused-ring (bicyclic) bond motifs is 2. The molecular weight excluding hydrogens is 253 g/mol. The van der Waals surface area contributed by atoms with Gasteiger partial charge in [0, 0.05) is 25.2 Å². The van der Waals surface area contributed by atoms with Crippen molar-refractivity contribution in [3.8, 4) is 0 Å². The van der Waals surface area contributed by atoms with Crippen LogP contribution >= 0.6 is 0 Å². The maximum absolute atomic E-state index is 13.3. The monoisotopic (exact) mass is 270 g/mol. The fraction of sp³-hybridized carbons (Fsp3) is 0.571. The van der Waals surface area contributed by atoms with Crippen LogP contribution in [0.1, 0.15) is 30.9 Å². The second-order valence-electron chi connectivity index (χ2n) is 5.58. The molecule has 2 N–H and O–H groups in total. The lowest BCUT2D eigenvalue weighted by Gasteiger charge is -2.34. The molecule has 2 nitrogen and oxygen atoms in total. The van der Waals surface area contributed by atoms with Gasteiger partial charge in [-0.3, -0.25) is 4.90 Å². The van der Waals surface area contributed by atoms with Crippen molar-refractivity contribution in [3.05, 3.63) is 35.1 Å². The van der Waals surface area contributed by atoms with Crippen LogP contribution in [0.25, 0.3) is 0 Å². The Morgan fingerprint density at radius 3 is 2.37 bits per heavy atom. The molecule has 1 aromatic rings. The molecule has 2 aliphatic rings. The Morgan fingerprint density at radius 2 is 1.89 bits per heavy atom. The number of nitrogens with two attached hydrogens (primary N) is 1. The topological polar surface area (TPSA) is 29.3 Å². The van der Waals surface area contributed by atoms with Gasteiger partial charge in [-0.15, -0.1) is 0 Å². The summed E-state index contributed by atoms with van der Waals surface area (Å²) in [5, 5.41) is 0. The molecule has 1 aromatic carbocycles. The van der Waals surface area contributed by atoms with Crippen molar-refractivity contribution < 1.29 is 13.2 Å². The number of rotatable bonds is 3. The fourth-order valence-electron chi connectivity index (χ4n) is 3.57. The van der Waals surface area contributed by atoms with Crippen LogP contribution in [0, 0.1) is 23.4 Å². The predicted octanol–water partition coefficient (Wildman–Crippen LogP) is 2.59. The van der Waals surface area contributed by atoms with E-state index in [-0.39, 0.29) is 12.6 Å². The lowest BCUT2D eigenvalue weighted by Crippen LogP contribution is -2.39. The molecule has 5 heteroatoms. The van der Waals surface area contributed by atoms with Crippen molar-refractivity contribution in [2.75, 3.05) is 13.1 Å². The van der Waals surface area contributed by atoms with Gasteiger partial charge in [-0.1, -0.05) is 0 Å². The van der Waals surface area contributed by atoms with E-state index in [0.717, 1.165) is 31.5 Å². The minimum Gasteiger partial charge on any atom is -0.329 e. The minimum absolute atomic E-state index is 0.222. The van der Waals surface area contributed by atoms with Crippen molar-refractivity contribution in [1.82, 2.24) is 4.90 Å². The van der Waals surface area contributed by atoms with Gasteiger partial charge < -0.3 is 5.73 Å². The maximum Gasteiger partial charge on any atom is 0.194 e. The predicted molar refractivity (Wildman–Crippen MR) is 65.9 cm³/mol. The quantitative estimate of drug-likeness (QED) is 0.855. The largest absolute Gasteiger partial charge is 0.329 e. The van der Waals surface area contributed by atoms with Crippen molar-refractivity contribution in [3.63, 3.8) is 0 Å². The molecule has 1 saturated heterocycles. The van der Waals surface area contributed by atoms with Crippen LogP contribution in [0.3, 0.4) is 0 Å². The van der Waals surface area contributed by atoms with E-state index in [4.69, 9.17) is 5.73 Å². The van der Waals surface area contributed by atoms with E-state index in [1.165, 1.54) is 6.42 Å². The number of likely N-dealkylation sites (tertiary alicyclic amines) is 1. The van der Waals surface area contributed by atoms with Gasteiger partial charge in [-0.05, 0) is 42.9 Å². The number of nitrogens with zero attached hydrogens (tertiary/aromatic N) is 1. The first-order chi connectivity index (χ1) is 9.10. The Balaban J connectivity index is 1.90. The molecule has 2 fully saturated rings. The van der Waals surface area contributed by atoms with E-state index in [2.05, 4.69) is 4.90 Å². The van der Waals surface area contributed by atoms with Gasteiger partial charge in [-0.25, -0.2) is 13.2 Å². The molecule has 0 spiro atoms. The lowest BCUT2D eigenvalue weighted by molar-refractivity contribution is 0.152. The Kier molecular flexibility index (Phi) is 3.27. The van der Waals surface area contributed by atoms with Crippen molar-refractivity contribution in [1.29, 1.82) is 0 Å². The average Bonchev–Trinajstić information content (AvgIpc) is 2.99. The van der Waals surface area contributed by atoms with E-state index in [9.17, 15) is 13.2 Å². The Labute approximate surface area is 110 Å². The second-order valence-corrected chi connectivity index (χ2v) is 5.58. The summed E-state index contributed by atoms with van der Waals surface area (Å²) in [7, 11) is 0. The first kappa shape index (κ1) is 12.9. The summed E-state index contributed by atoms with van der Waals surface area (Å²) >= 11 is 0. The van der Waals surface area contributed by atoms with Crippen LogP contribution in [-0.4, -0.2) is 24.0 Å². The molecule has 0 radical (unpaired) electrons. The highest BCUT2D eigenvalue weighted by molar-refractivity contribution is 5.24. The third kappa shape index (κ3) is 2.15. The van der Waals surface area contributed by atoms with Crippen LogP contribution in [0.15, 0.2) is 12.1 Å². The molecule has 1 heterocycles. The molecular formula is C14H17F3N2. The molecule has 1 saturated carbocycles. The summed E-state index contributed by atoms with van der Waals surface area (Å²) in [6, 6.07) is 2.37. The summed E-state index contributed by atoms with van der Waals surface area (Å²) in [5.74, 6) is -3.02. The normalized spacial score (nSPS) is 28.0. The molecule has 104 valence electrons. The summed E-state index contributed by atoms with van der Waals surface area (Å²) in [6.45, 7) is 1.21. The zero-order chi connectivity index (χ0) is 13.6. The number of hydrogen-bond acceptors (Lipinski definition) is 2. The highest BCUT2D eigenvalue weighted by Gasteiger charge is 2.41. The van der Waals surface area contributed by atoms with E-state index in [0.29, 0.717) is 17.5 Å². The Hall–Kier alpha value is -1.07. The molecule has 1 aliphatic carbocycles. The minimum atomic E-state index is -1.41. The molecule has 2 bridgehead atoms. The summed E-state index contributed by atoms with van der Waals surface area (Å²) < 4.78 is 39.7. The van der Waals surface area contributed by atoms with E-state index in [1.54, 1.807) is 0 Å². The maximum atomic E-state index is 13.3. The number of benzene rings is 1. The van der Waals surface area contributed by atoms with Crippen LogP contribution in [0.4, 0.5) is 13.2 Å². The van der Waals surface area contributed by atoms with E-state index in [1.807, 2.05) is 0 Å². The first-order valence-electron chi connectivity index (χ1n) is 6.70. The van der Waals surface area contributed by atoms with Gasteiger partial charge in [0.05, 0.1) is 0 Å².